The lowest BCUT2D eigenvalue weighted by molar-refractivity contribution is 0.860. The van der Waals surface area contributed by atoms with Crippen LogP contribution in [0.1, 0.15) is 11.3 Å². The molecule has 0 aliphatic rings. The zero-order chi connectivity index (χ0) is 10.7. The third-order valence-corrected chi connectivity index (χ3v) is 2.60. The number of aromatic nitrogens is 2. The maximum atomic E-state index is 8.77. The monoisotopic (exact) mass is 261 g/mol. The van der Waals surface area contributed by atoms with Crippen molar-refractivity contribution in [2.75, 3.05) is 0 Å². The predicted molar refractivity (Wildman–Crippen MR) is 60.9 cm³/mol. The molecule has 3 nitrogen and oxygen atoms in total. The van der Waals surface area contributed by atoms with Gasteiger partial charge in [0.15, 0.2) is 0 Å². The van der Waals surface area contributed by atoms with Crippen molar-refractivity contribution >= 4 is 15.9 Å². The molecule has 0 unspecified atom stereocenters. The Balaban J connectivity index is 2.41. The van der Waals surface area contributed by atoms with E-state index in [0.29, 0.717) is 5.56 Å². The van der Waals surface area contributed by atoms with Gasteiger partial charge in [-0.1, -0.05) is 22.0 Å². The highest BCUT2D eigenvalue weighted by atomic mass is 79.9. The van der Waals surface area contributed by atoms with Crippen molar-refractivity contribution in [1.82, 2.24) is 9.78 Å². The molecule has 0 saturated carbocycles. The highest BCUT2D eigenvalue weighted by molar-refractivity contribution is 9.08. The number of benzene rings is 1. The molecule has 0 fully saturated rings. The van der Waals surface area contributed by atoms with Gasteiger partial charge in [-0.15, -0.1) is 0 Å². The molecule has 0 saturated heterocycles. The van der Waals surface area contributed by atoms with E-state index in [4.69, 9.17) is 5.26 Å². The molecule has 0 bridgehead atoms. The summed E-state index contributed by atoms with van der Waals surface area (Å²) in [7, 11) is 0. The maximum absolute atomic E-state index is 8.77. The Bertz CT molecular complexity index is 511. The summed E-state index contributed by atoms with van der Waals surface area (Å²) in [6.45, 7) is 0. The standard InChI is InChI=1S/C11H8BrN3/c12-7-10-4-5-15(14-10)11-3-1-2-9(6-11)8-13/h1-6H,7H2. The van der Waals surface area contributed by atoms with Gasteiger partial charge in [0.05, 0.1) is 23.0 Å². The summed E-state index contributed by atoms with van der Waals surface area (Å²) in [6.07, 6.45) is 1.88. The minimum Gasteiger partial charge on any atom is -0.241 e. The minimum atomic E-state index is 0.642. The molecule has 1 heterocycles. The van der Waals surface area contributed by atoms with Crippen LogP contribution in [-0.2, 0) is 5.33 Å². The second kappa shape index (κ2) is 4.28. The highest BCUT2D eigenvalue weighted by Gasteiger charge is 2.00. The molecule has 0 aliphatic carbocycles. The summed E-state index contributed by atoms with van der Waals surface area (Å²) < 4.78 is 1.76. The van der Waals surface area contributed by atoms with Crippen molar-refractivity contribution in [3.63, 3.8) is 0 Å². The first-order valence-electron chi connectivity index (χ1n) is 4.44. The van der Waals surface area contributed by atoms with Crippen LogP contribution in [0.25, 0.3) is 5.69 Å². The van der Waals surface area contributed by atoms with Crippen LogP contribution in [0.5, 0.6) is 0 Å². The average Bonchev–Trinajstić information content (AvgIpc) is 2.78. The van der Waals surface area contributed by atoms with Gasteiger partial charge in [0.1, 0.15) is 0 Å². The second-order valence-electron chi connectivity index (χ2n) is 3.05. The highest BCUT2D eigenvalue weighted by Crippen LogP contribution is 2.11. The van der Waals surface area contributed by atoms with Gasteiger partial charge < -0.3 is 0 Å². The van der Waals surface area contributed by atoms with Crippen molar-refractivity contribution in [3.8, 4) is 11.8 Å². The largest absolute Gasteiger partial charge is 0.241 e. The van der Waals surface area contributed by atoms with E-state index in [1.165, 1.54) is 0 Å². The lowest BCUT2D eigenvalue weighted by Gasteiger charge is -2.00. The van der Waals surface area contributed by atoms with Crippen LogP contribution >= 0.6 is 15.9 Å². The van der Waals surface area contributed by atoms with Gasteiger partial charge in [-0.05, 0) is 24.3 Å². The Morgan fingerprint density at radius 3 is 2.93 bits per heavy atom. The van der Waals surface area contributed by atoms with E-state index in [9.17, 15) is 0 Å². The third-order valence-electron chi connectivity index (χ3n) is 2.02. The number of hydrogen-bond acceptors (Lipinski definition) is 2. The molecule has 15 heavy (non-hydrogen) atoms. The molecular weight excluding hydrogens is 254 g/mol. The Kier molecular flexibility index (Phi) is 2.84. The lowest BCUT2D eigenvalue weighted by atomic mass is 10.2. The molecule has 4 heteroatoms. The summed E-state index contributed by atoms with van der Waals surface area (Å²) in [5.41, 5.74) is 2.52. The molecule has 0 amide bonds. The van der Waals surface area contributed by atoms with Crippen molar-refractivity contribution in [2.24, 2.45) is 0 Å². The number of nitriles is 1. The van der Waals surface area contributed by atoms with Gasteiger partial charge >= 0.3 is 0 Å². The molecule has 74 valence electrons. The molecule has 0 aliphatic heterocycles. The Morgan fingerprint density at radius 1 is 1.40 bits per heavy atom. The van der Waals surface area contributed by atoms with Gasteiger partial charge in [-0.25, -0.2) is 4.68 Å². The van der Waals surface area contributed by atoms with E-state index in [-0.39, 0.29) is 0 Å². The van der Waals surface area contributed by atoms with Crippen LogP contribution in [0.4, 0.5) is 0 Å². The molecule has 0 N–H and O–H groups in total. The average molecular weight is 262 g/mol. The fourth-order valence-electron chi connectivity index (χ4n) is 1.29. The number of rotatable bonds is 2. The molecular formula is C11H8BrN3. The van der Waals surface area contributed by atoms with E-state index in [0.717, 1.165) is 16.7 Å². The predicted octanol–water partition coefficient (Wildman–Crippen LogP) is 2.64. The van der Waals surface area contributed by atoms with Crippen LogP contribution in [0, 0.1) is 11.3 Å². The van der Waals surface area contributed by atoms with Crippen LogP contribution in [-0.4, -0.2) is 9.78 Å². The summed E-state index contributed by atoms with van der Waals surface area (Å²) >= 11 is 3.34. The maximum Gasteiger partial charge on any atom is 0.0992 e. The number of nitrogens with zero attached hydrogens (tertiary/aromatic N) is 3. The van der Waals surface area contributed by atoms with E-state index in [1.54, 1.807) is 10.7 Å². The van der Waals surface area contributed by atoms with Crippen molar-refractivity contribution < 1.29 is 0 Å². The first-order valence-corrected chi connectivity index (χ1v) is 5.56. The quantitative estimate of drug-likeness (QED) is 0.780. The third kappa shape index (κ3) is 2.08. The van der Waals surface area contributed by atoms with Gasteiger partial charge in [0.25, 0.3) is 0 Å². The van der Waals surface area contributed by atoms with Gasteiger partial charge in [-0.2, -0.15) is 10.4 Å². The van der Waals surface area contributed by atoms with Crippen molar-refractivity contribution in [1.29, 1.82) is 5.26 Å². The molecule has 0 spiro atoms. The van der Waals surface area contributed by atoms with E-state index in [2.05, 4.69) is 27.1 Å². The zero-order valence-electron chi connectivity index (χ0n) is 7.89. The summed E-state index contributed by atoms with van der Waals surface area (Å²) in [6, 6.07) is 11.4. The van der Waals surface area contributed by atoms with E-state index < -0.39 is 0 Å². The fourth-order valence-corrected chi connectivity index (χ4v) is 1.59. The van der Waals surface area contributed by atoms with Crippen LogP contribution in [0.15, 0.2) is 36.5 Å². The normalized spacial score (nSPS) is 9.87. The molecule has 1 aromatic heterocycles. The first-order chi connectivity index (χ1) is 7.33. The second-order valence-corrected chi connectivity index (χ2v) is 3.61. The molecule has 1 aromatic carbocycles. The van der Waals surface area contributed by atoms with Gasteiger partial charge in [0, 0.05) is 11.5 Å². The van der Waals surface area contributed by atoms with Crippen molar-refractivity contribution in [3.05, 3.63) is 47.8 Å². The summed E-state index contributed by atoms with van der Waals surface area (Å²) in [5, 5.41) is 13.8. The molecule has 2 aromatic rings. The smallest absolute Gasteiger partial charge is 0.0992 e. The lowest BCUT2D eigenvalue weighted by Crippen LogP contribution is -1.95. The zero-order valence-corrected chi connectivity index (χ0v) is 9.48. The fraction of sp³-hybridized carbons (Fsp3) is 0.0909. The Hall–Kier alpha value is -1.60. The topological polar surface area (TPSA) is 41.6 Å². The van der Waals surface area contributed by atoms with E-state index >= 15 is 0 Å². The van der Waals surface area contributed by atoms with Crippen LogP contribution < -0.4 is 0 Å². The van der Waals surface area contributed by atoms with E-state index in [1.807, 2.05) is 30.5 Å². The number of alkyl halides is 1. The summed E-state index contributed by atoms with van der Waals surface area (Å²) in [5.74, 6) is 0. The Labute approximate surface area is 96.1 Å². The number of hydrogen-bond donors (Lipinski definition) is 0. The first kappa shape index (κ1) is 9.94. The van der Waals surface area contributed by atoms with Crippen LogP contribution in [0.3, 0.4) is 0 Å². The molecule has 2 rings (SSSR count). The van der Waals surface area contributed by atoms with Gasteiger partial charge in [-0.3, -0.25) is 0 Å². The van der Waals surface area contributed by atoms with Gasteiger partial charge in [0.2, 0.25) is 0 Å². The number of halogens is 1. The van der Waals surface area contributed by atoms with Crippen LogP contribution in [0.2, 0.25) is 0 Å². The molecule has 0 atom stereocenters. The van der Waals surface area contributed by atoms with Crippen molar-refractivity contribution in [2.45, 2.75) is 5.33 Å². The minimum absolute atomic E-state index is 0.642. The Morgan fingerprint density at radius 2 is 2.27 bits per heavy atom. The molecule has 0 radical (unpaired) electrons. The summed E-state index contributed by atoms with van der Waals surface area (Å²) in [4.78, 5) is 0. The SMILES string of the molecule is N#Cc1cccc(-n2ccc(CBr)n2)c1.